The monoisotopic (exact) mass is 267 g/mol. The molecule has 0 spiro atoms. The Morgan fingerprint density at radius 3 is 3.07 bits per heavy atom. The number of benzene rings is 1. The van der Waals surface area contributed by atoms with Crippen molar-refractivity contribution in [3.05, 3.63) is 40.4 Å². The molecule has 0 aromatic heterocycles. The first-order chi connectivity index (χ1) is 7.34. The van der Waals surface area contributed by atoms with E-state index < -0.39 is 0 Å². The van der Waals surface area contributed by atoms with Gasteiger partial charge in [0.25, 0.3) is 0 Å². The van der Waals surface area contributed by atoms with E-state index in [0.29, 0.717) is 6.61 Å². The molecule has 1 aliphatic heterocycles. The molecule has 1 aromatic carbocycles. The zero-order valence-corrected chi connectivity index (χ0v) is 10.1. The Bertz CT molecular complexity index is 362. The molecule has 0 saturated heterocycles. The fourth-order valence-corrected chi connectivity index (χ4v) is 1.91. The van der Waals surface area contributed by atoms with E-state index >= 15 is 0 Å². The molecule has 1 aliphatic rings. The zero-order valence-electron chi connectivity index (χ0n) is 8.50. The standard InChI is InChI=1S/C12H14BrNO/c13-11-2-1-3-12(8-11)15-9-10-4-6-14-7-5-10/h1-4,8,14H,5-7,9H2. The molecule has 0 saturated carbocycles. The lowest BCUT2D eigenvalue weighted by Crippen LogP contribution is -2.22. The molecule has 1 heterocycles. The van der Waals surface area contributed by atoms with E-state index in [2.05, 4.69) is 27.3 Å². The van der Waals surface area contributed by atoms with E-state index in [1.807, 2.05) is 24.3 Å². The molecule has 3 heteroatoms. The van der Waals surface area contributed by atoms with Crippen LogP contribution >= 0.6 is 15.9 Å². The molecular formula is C12H14BrNO. The minimum absolute atomic E-state index is 0.706. The van der Waals surface area contributed by atoms with Crippen LogP contribution in [-0.2, 0) is 0 Å². The van der Waals surface area contributed by atoms with Gasteiger partial charge in [-0.3, -0.25) is 0 Å². The summed E-state index contributed by atoms with van der Waals surface area (Å²) in [6.45, 7) is 2.74. The van der Waals surface area contributed by atoms with Gasteiger partial charge in [0, 0.05) is 11.0 Å². The number of nitrogens with one attached hydrogen (secondary N) is 1. The lowest BCUT2D eigenvalue weighted by molar-refractivity contribution is 0.344. The Labute approximate surface area is 98.5 Å². The largest absolute Gasteiger partial charge is 0.489 e. The van der Waals surface area contributed by atoms with Crippen LogP contribution in [0.15, 0.2) is 40.4 Å². The topological polar surface area (TPSA) is 21.3 Å². The van der Waals surface area contributed by atoms with Gasteiger partial charge in [0.2, 0.25) is 0 Å². The van der Waals surface area contributed by atoms with Crippen LogP contribution in [0, 0.1) is 0 Å². The SMILES string of the molecule is Brc1cccc(OCC2=CCNCC2)c1. The van der Waals surface area contributed by atoms with Crippen molar-refractivity contribution >= 4 is 15.9 Å². The van der Waals surface area contributed by atoms with Crippen molar-refractivity contribution in [1.82, 2.24) is 5.32 Å². The molecule has 0 fully saturated rings. The minimum Gasteiger partial charge on any atom is -0.489 e. The summed E-state index contributed by atoms with van der Waals surface area (Å²) in [5.74, 6) is 0.920. The summed E-state index contributed by atoms with van der Waals surface area (Å²) in [7, 11) is 0. The molecule has 1 aromatic rings. The number of ether oxygens (including phenoxy) is 1. The van der Waals surface area contributed by atoms with E-state index in [-0.39, 0.29) is 0 Å². The minimum atomic E-state index is 0.706. The second kappa shape index (κ2) is 5.33. The van der Waals surface area contributed by atoms with Crippen LogP contribution in [0.25, 0.3) is 0 Å². The summed E-state index contributed by atoms with van der Waals surface area (Å²) in [4.78, 5) is 0. The number of hydrogen-bond acceptors (Lipinski definition) is 2. The highest BCUT2D eigenvalue weighted by atomic mass is 79.9. The predicted molar refractivity (Wildman–Crippen MR) is 65.2 cm³/mol. The highest BCUT2D eigenvalue weighted by molar-refractivity contribution is 9.10. The van der Waals surface area contributed by atoms with E-state index in [9.17, 15) is 0 Å². The molecule has 80 valence electrons. The fraction of sp³-hybridized carbons (Fsp3) is 0.333. The van der Waals surface area contributed by atoms with Gasteiger partial charge in [-0.25, -0.2) is 0 Å². The van der Waals surface area contributed by atoms with Crippen molar-refractivity contribution in [2.45, 2.75) is 6.42 Å². The summed E-state index contributed by atoms with van der Waals surface area (Å²) < 4.78 is 6.76. The van der Waals surface area contributed by atoms with Gasteiger partial charge in [0.1, 0.15) is 12.4 Å². The quantitative estimate of drug-likeness (QED) is 0.851. The van der Waals surface area contributed by atoms with E-state index in [0.717, 1.165) is 29.7 Å². The Hall–Kier alpha value is -0.800. The first-order valence-electron chi connectivity index (χ1n) is 5.11. The highest BCUT2D eigenvalue weighted by Gasteiger charge is 2.03. The van der Waals surface area contributed by atoms with Gasteiger partial charge in [-0.1, -0.05) is 28.1 Å². The van der Waals surface area contributed by atoms with Crippen LogP contribution in [0.3, 0.4) is 0 Å². The third kappa shape index (κ3) is 3.36. The average Bonchev–Trinajstić information content (AvgIpc) is 2.28. The number of rotatable bonds is 3. The van der Waals surface area contributed by atoms with Crippen LogP contribution < -0.4 is 10.1 Å². The normalized spacial score (nSPS) is 15.9. The first-order valence-corrected chi connectivity index (χ1v) is 5.91. The Morgan fingerprint density at radius 2 is 2.33 bits per heavy atom. The van der Waals surface area contributed by atoms with Crippen molar-refractivity contribution in [3.8, 4) is 5.75 Å². The lowest BCUT2D eigenvalue weighted by atomic mass is 10.1. The molecule has 15 heavy (non-hydrogen) atoms. The summed E-state index contributed by atoms with van der Waals surface area (Å²) in [5.41, 5.74) is 1.38. The Kier molecular flexibility index (Phi) is 3.80. The zero-order chi connectivity index (χ0) is 10.5. The van der Waals surface area contributed by atoms with Crippen molar-refractivity contribution in [1.29, 1.82) is 0 Å². The van der Waals surface area contributed by atoms with Crippen LogP contribution in [-0.4, -0.2) is 19.7 Å². The summed E-state index contributed by atoms with van der Waals surface area (Å²) in [5, 5.41) is 3.28. The maximum atomic E-state index is 5.70. The first kappa shape index (κ1) is 10.7. The van der Waals surface area contributed by atoms with E-state index in [1.54, 1.807) is 0 Å². The van der Waals surface area contributed by atoms with Gasteiger partial charge in [-0.15, -0.1) is 0 Å². The van der Waals surface area contributed by atoms with Crippen molar-refractivity contribution in [3.63, 3.8) is 0 Å². The van der Waals surface area contributed by atoms with Gasteiger partial charge in [-0.05, 0) is 36.7 Å². The Morgan fingerprint density at radius 1 is 1.40 bits per heavy atom. The molecule has 0 aliphatic carbocycles. The Balaban J connectivity index is 1.90. The summed E-state index contributed by atoms with van der Waals surface area (Å²) >= 11 is 3.42. The molecule has 0 amide bonds. The lowest BCUT2D eigenvalue weighted by Gasteiger charge is -2.14. The van der Waals surface area contributed by atoms with Gasteiger partial charge in [-0.2, -0.15) is 0 Å². The van der Waals surface area contributed by atoms with Crippen molar-refractivity contribution in [2.75, 3.05) is 19.7 Å². The average molecular weight is 268 g/mol. The van der Waals surface area contributed by atoms with Gasteiger partial charge in [0.15, 0.2) is 0 Å². The number of halogens is 1. The number of hydrogen-bond donors (Lipinski definition) is 1. The van der Waals surface area contributed by atoms with Crippen molar-refractivity contribution in [2.24, 2.45) is 0 Å². The molecule has 0 unspecified atom stereocenters. The van der Waals surface area contributed by atoms with Gasteiger partial charge >= 0.3 is 0 Å². The van der Waals surface area contributed by atoms with Crippen LogP contribution in [0.1, 0.15) is 6.42 Å². The van der Waals surface area contributed by atoms with Crippen LogP contribution in [0.4, 0.5) is 0 Å². The van der Waals surface area contributed by atoms with Crippen LogP contribution in [0.2, 0.25) is 0 Å². The van der Waals surface area contributed by atoms with E-state index in [1.165, 1.54) is 5.57 Å². The summed E-state index contributed by atoms with van der Waals surface area (Å²) in [6, 6.07) is 7.95. The van der Waals surface area contributed by atoms with Crippen LogP contribution in [0.5, 0.6) is 5.75 Å². The second-order valence-corrected chi connectivity index (χ2v) is 4.48. The smallest absolute Gasteiger partial charge is 0.120 e. The molecular weight excluding hydrogens is 254 g/mol. The molecule has 0 radical (unpaired) electrons. The maximum absolute atomic E-state index is 5.70. The van der Waals surface area contributed by atoms with E-state index in [4.69, 9.17) is 4.74 Å². The molecule has 0 bridgehead atoms. The van der Waals surface area contributed by atoms with Crippen molar-refractivity contribution < 1.29 is 4.74 Å². The van der Waals surface area contributed by atoms with Gasteiger partial charge in [0.05, 0.1) is 0 Å². The third-order valence-corrected chi connectivity index (χ3v) is 2.87. The highest BCUT2D eigenvalue weighted by Crippen LogP contribution is 2.18. The molecule has 0 atom stereocenters. The maximum Gasteiger partial charge on any atom is 0.120 e. The van der Waals surface area contributed by atoms with Gasteiger partial charge < -0.3 is 10.1 Å². The molecule has 2 nitrogen and oxygen atoms in total. The fourth-order valence-electron chi connectivity index (χ4n) is 1.53. The third-order valence-electron chi connectivity index (χ3n) is 2.38. The second-order valence-electron chi connectivity index (χ2n) is 3.56. The predicted octanol–water partition coefficient (Wildman–Crippen LogP) is 2.75. The molecule has 1 N–H and O–H groups in total. The summed E-state index contributed by atoms with van der Waals surface area (Å²) in [6.07, 6.45) is 3.30. The molecule has 2 rings (SSSR count).